The molecule has 36 heavy (non-hydrogen) atoms. The third-order valence-electron chi connectivity index (χ3n) is 5.11. The monoisotopic (exact) mass is 624 g/mol. The van der Waals surface area contributed by atoms with E-state index in [-0.39, 0.29) is 11.5 Å². The molecule has 3 rings (SSSR count). The zero-order valence-electron chi connectivity index (χ0n) is 20.2. The second kappa shape index (κ2) is 12.3. The lowest BCUT2D eigenvalue weighted by atomic mass is 10.1. The highest BCUT2D eigenvalue weighted by Gasteiger charge is 2.36. The number of carbonyl (C=O) groups is 4. The van der Waals surface area contributed by atoms with Gasteiger partial charge >= 0.3 is 5.97 Å². The van der Waals surface area contributed by atoms with Crippen LogP contribution in [0.3, 0.4) is 0 Å². The third kappa shape index (κ3) is 6.58. The van der Waals surface area contributed by atoms with E-state index >= 15 is 0 Å². The second-order valence-corrected chi connectivity index (χ2v) is 9.87. The van der Waals surface area contributed by atoms with Crippen LogP contribution < -0.4 is 14.8 Å². The van der Waals surface area contributed by atoms with E-state index in [2.05, 4.69) is 10.1 Å². The Morgan fingerprint density at radius 3 is 2.47 bits per heavy atom. The lowest BCUT2D eigenvalue weighted by Crippen LogP contribution is -2.36. The van der Waals surface area contributed by atoms with E-state index in [4.69, 9.17) is 9.47 Å². The van der Waals surface area contributed by atoms with Crippen LogP contribution in [-0.2, 0) is 19.1 Å². The predicted octanol–water partition coefficient (Wildman–Crippen LogP) is 4.53. The van der Waals surface area contributed by atoms with Crippen molar-refractivity contribution in [2.45, 2.75) is 20.8 Å². The molecule has 1 N–H and O–H groups in total. The number of benzene rings is 2. The molecule has 9 nitrogen and oxygen atoms in total. The molecule has 2 aromatic rings. The molecular weight excluding hydrogens is 599 g/mol. The summed E-state index contributed by atoms with van der Waals surface area (Å²) in [5, 5.41) is 2.27. The Bertz CT molecular complexity index is 1220. The van der Waals surface area contributed by atoms with Crippen LogP contribution in [0.25, 0.3) is 6.08 Å². The van der Waals surface area contributed by atoms with E-state index in [9.17, 15) is 19.2 Å². The quantitative estimate of drug-likeness (QED) is 0.246. The molecule has 0 radical (unpaired) electrons. The van der Waals surface area contributed by atoms with Crippen molar-refractivity contribution in [2.24, 2.45) is 0 Å². The van der Waals surface area contributed by atoms with Crippen LogP contribution in [0, 0.1) is 17.4 Å². The van der Waals surface area contributed by atoms with Crippen molar-refractivity contribution in [1.82, 2.24) is 4.90 Å². The first-order chi connectivity index (χ1) is 17.1. The lowest BCUT2D eigenvalue weighted by molar-refractivity contribution is -0.143. The average molecular weight is 624 g/mol. The predicted molar refractivity (Wildman–Crippen MR) is 145 cm³/mol. The number of hydrogen-bond acceptors (Lipinski definition) is 8. The highest BCUT2D eigenvalue weighted by molar-refractivity contribution is 14.1. The highest BCUT2D eigenvalue weighted by atomic mass is 127. The van der Waals surface area contributed by atoms with Crippen LogP contribution in [0.5, 0.6) is 11.5 Å². The maximum Gasteiger partial charge on any atom is 0.343 e. The molecule has 2 aromatic carbocycles. The van der Waals surface area contributed by atoms with Gasteiger partial charge in [-0.25, -0.2) is 4.79 Å². The van der Waals surface area contributed by atoms with Gasteiger partial charge in [0.1, 0.15) is 6.54 Å². The first kappa shape index (κ1) is 27.5. The van der Waals surface area contributed by atoms with Crippen molar-refractivity contribution >= 4 is 69.1 Å². The Kier molecular flexibility index (Phi) is 9.37. The number of imide groups is 1. The molecule has 3 amide bonds. The SMILES string of the molecule is CCOc1cc(/C=C2/SC(=O)N(CC(=O)Nc3c(C)cccc3C)C2=O)cc(I)c1OCC(=O)OC. The molecule has 1 aliphatic heterocycles. The fourth-order valence-corrected chi connectivity index (χ4v) is 5.01. The minimum absolute atomic E-state index is 0.182. The number of carbonyl (C=O) groups excluding carboxylic acids is 4. The second-order valence-electron chi connectivity index (χ2n) is 7.71. The van der Waals surface area contributed by atoms with Gasteiger partial charge in [0.25, 0.3) is 11.1 Å². The number of para-hydroxylation sites is 1. The summed E-state index contributed by atoms with van der Waals surface area (Å²) in [6.45, 7) is 5.22. The van der Waals surface area contributed by atoms with Gasteiger partial charge in [-0.15, -0.1) is 0 Å². The summed E-state index contributed by atoms with van der Waals surface area (Å²) < 4.78 is 16.5. The zero-order valence-corrected chi connectivity index (χ0v) is 23.2. The summed E-state index contributed by atoms with van der Waals surface area (Å²) in [6.07, 6.45) is 1.56. The summed E-state index contributed by atoms with van der Waals surface area (Å²) in [7, 11) is 1.27. The van der Waals surface area contributed by atoms with Crippen LogP contribution in [0.15, 0.2) is 35.2 Å². The number of rotatable bonds is 9. The summed E-state index contributed by atoms with van der Waals surface area (Å²) in [5.74, 6) is -0.799. The van der Waals surface area contributed by atoms with Crippen molar-refractivity contribution < 1.29 is 33.4 Å². The molecule has 0 aromatic heterocycles. The summed E-state index contributed by atoms with van der Waals surface area (Å²) >= 11 is 2.79. The number of nitrogens with zero attached hydrogens (tertiary/aromatic N) is 1. The molecule has 0 aliphatic carbocycles. The number of ether oxygens (including phenoxy) is 3. The zero-order chi connectivity index (χ0) is 26.4. The molecule has 1 heterocycles. The number of aryl methyl sites for hydroxylation is 2. The normalized spacial score (nSPS) is 14.2. The molecule has 1 saturated heterocycles. The fourth-order valence-electron chi connectivity index (χ4n) is 3.39. The molecule has 1 aliphatic rings. The van der Waals surface area contributed by atoms with Gasteiger partial charge in [0.2, 0.25) is 5.91 Å². The number of esters is 1. The Morgan fingerprint density at radius 2 is 1.83 bits per heavy atom. The number of hydrogen-bond donors (Lipinski definition) is 1. The van der Waals surface area contributed by atoms with Gasteiger partial charge in [-0.3, -0.25) is 19.3 Å². The molecule has 0 bridgehead atoms. The van der Waals surface area contributed by atoms with Gasteiger partial charge in [0, 0.05) is 5.69 Å². The number of anilines is 1. The number of nitrogens with one attached hydrogen (secondary N) is 1. The standard InChI is InChI=1S/C25H25IN2O7S/c1-5-34-18-10-16(9-17(26)23(18)35-13-21(30)33-4)11-19-24(31)28(25(32)36-19)12-20(29)27-22-14(2)7-6-8-15(22)3/h6-11H,5,12-13H2,1-4H3,(H,27,29)/b19-11+. The molecule has 0 spiro atoms. The highest BCUT2D eigenvalue weighted by Crippen LogP contribution is 2.37. The Hall–Kier alpha value is -3.06. The lowest BCUT2D eigenvalue weighted by Gasteiger charge is -2.15. The molecular formula is C25H25IN2O7S. The van der Waals surface area contributed by atoms with E-state index in [0.717, 1.165) is 27.8 Å². The van der Waals surface area contributed by atoms with Gasteiger partial charge < -0.3 is 19.5 Å². The van der Waals surface area contributed by atoms with Crippen molar-refractivity contribution in [3.05, 3.63) is 55.5 Å². The largest absolute Gasteiger partial charge is 0.490 e. The summed E-state index contributed by atoms with van der Waals surface area (Å²) in [6, 6.07) is 9.01. The van der Waals surface area contributed by atoms with Crippen molar-refractivity contribution in [2.75, 3.05) is 32.2 Å². The van der Waals surface area contributed by atoms with Crippen LogP contribution >= 0.6 is 34.4 Å². The number of halogens is 1. The Balaban J connectivity index is 1.78. The van der Waals surface area contributed by atoms with E-state index < -0.39 is 29.6 Å². The van der Waals surface area contributed by atoms with Crippen LogP contribution in [0.4, 0.5) is 10.5 Å². The van der Waals surface area contributed by atoms with Crippen LogP contribution in [0.2, 0.25) is 0 Å². The maximum atomic E-state index is 12.9. The van der Waals surface area contributed by atoms with Gasteiger partial charge in [0.05, 0.1) is 22.2 Å². The molecule has 11 heteroatoms. The topological polar surface area (TPSA) is 111 Å². The fraction of sp³-hybridized carbons (Fsp3) is 0.280. The van der Waals surface area contributed by atoms with Crippen molar-refractivity contribution in [3.8, 4) is 11.5 Å². The first-order valence-corrected chi connectivity index (χ1v) is 12.8. The number of amides is 3. The van der Waals surface area contributed by atoms with E-state index in [1.54, 1.807) is 25.1 Å². The van der Waals surface area contributed by atoms with E-state index in [1.165, 1.54) is 7.11 Å². The molecule has 0 saturated carbocycles. The maximum absolute atomic E-state index is 12.9. The van der Waals surface area contributed by atoms with Crippen molar-refractivity contribution in [1.29, 1.82) is 0 Å². The van der Waals surface area contributed by atoms with E-state index in [1.807, 2.05) is 54.6 Å². The molecule has 0 unspecified atom stereocenters. The average Bonchev–Trinajstić information content (AvgIpc) is 3.08. The molecule has 1 fully saturated rings. The summed E-state index contributed by atoms with van der Waals surface area (Å²) in [5.41, 5.74) is 3.03. The number of thioether (sulfide) groups is 1. The van der Waals surface area contributed by atoms with Gasteiger partial charge in [-0.05, 0) is 90.0 Å². The van der Waals surface area contributed by atoms with Gasteiger partial charge in [-0.1, -0.05) is 18.2 Å². The van der Waals surface area contributed by atoms with Crippen LogP contribution in [0.1, 0.15) is 23.6 Å². The third-order valence-corrected chi connectivity index (χ3v) is 6.82. The smallest absolute Gasteiger partial charge is 0.343 e. The van der Waals surface area contributed by atoms with Crippen LogP contribution in [-0.4, -0.2) is 54.8 Å². The number of methoxy groups -OCH3 is 1. The minimum atomic E-state index is -0.555. The Morgan fingerprint density at radius 1 is 1.14 bits per heavy atom. The van der Waals surface area contributed by atoms with Gasteiger partial charge in [0.15, 0.2) is 18.1 Å². The molecule has 190 valence electrons. The van der Waals surface area contributed by atoms with E-state index in [0.29, 0.717) is 32.9 Å². The first-order valence-electron chi connectivity index (χ1n) is 10.9. The van der Waals surface area contributed by atoms with Gasteiger partial charge in [-0.2, -0.15) is 0 Å². The van der Waals surface area contributed by atoms with Crippen molar-refractivity contribution in [3.63, 3.8) is 0 Å². The Labute approximate surface area is 226 Å². The minimum Gasteiger partial charge on any atom is -0.490 e. The summed E-state index contributed by atoms with van der Waals surface area (Å²) in [4.78, 5) is 50.7. The molecule has 0 atom stereocenters.